The van der Waals surface area contributed by atoms with E-state index in [0.29, 0.717) is 18.5 Å². The van der Waals surface area contributed by atoms with E-state index in [0.717, 1.165) is 0 Å². The number of methoxy groups -OCH3 is 1. The molecule has 7 heteroatoms. The average molecular weight is 260 g/mol. The lowest BCUT2D eigenvalue weighted by Gasteiger charge is -2.13. The van der Waals surface area contributed by atoms with E-state index in [4.69, 9.17) is 27.2 Å². The molecule has 0 bridgehead atoms. The maximum absolute atomic E-state index is 11.6. The Morgan fingerprint density at radius 3 is 2.82 bits per heavy atom. The standard InChI is InChI=1S/C10H16N2O4S/c1-16-8(6-14)2-3-12-4-7(5-13)9(17)11-10(12)15/h4,8,13-14H,2-3,5-6H2,1H3,(H,11,15,17). The number of hydrogen-bond donors (Lipinski definition) is 3. The first kappa shape index (κ1) is 14.0. The minimum absolute atomic E-state index is 0.0963. The highest BCUT2D eigenvalue weighted by atomic mass is 32.1. The first-order valence-corrected chi connectivity index (χ1v) is 5.60. The van der Waals surface area contributed by atoms with Crippen LogP contribution in [-0.4, -0.2) is 39.6 Å². The Morgan fingerprint density at radius 2 is 2.29 bits per heavy atom. The Morgan fingerprint density at radius 1 is 1.59 bits per heavy atom. The second kappa shape index (κ2) is 6.65. The van der Waals surface area contributed by atoms with Gasteiger partial charge in [0.1, 0.15) is 4.64 Å². The molecule has 0 amide bonds. The van der Waals surface area contributed by atoms with Crippen LogP contribution in [0.3, 0.4) is 0 Å². The smallest absolute Gasteiger partial charge is 0.326 e. The van der Waals surface area contributed by atoms with Gasteiger partial charge in [-0.15, -0.1) is 0 Å². The monoisotopic (exact) mass is 260 g/mol. The van der Waals surface area contributed by atoms with Gasteiger partial charge in [0.2, 0.25) is 0 Å². The largest absolute Gasteiger partial charge is 0.394 e. The van der Waals surface area contributed by atoms with Crippen LogP contribution in [0.4, 0.5) is 0 Å². The van der Waals surface area contributed by atoms with Crippen molar-refractivity contribution in [3.8, 4) is 0 Å². The summed E-state index contributed by atoms with van der Waals surface area (Å²) in [4.78, 5) is 14.0. The molecule has 0 radical (unpaired) electrons. The SMILES string of the molecule is COC(CO)CCn1cc(CO)c(=S)[nH]c1=O. The lowest BCUT2D eigenvalue weighted by atomic mass is 10.2. The van der Waals surface area contributed by atoms with Crippen LogP contribution in [0.2, 0.25) is 0 Å². The highest BCUT2D eigenvalue weighted by Crippen LogP contribution is 2.01. The van der Waals surface area contributed by atoms with Gasteiger partial charge in [-0.25, -0.2) is 4.79 Å². The molecule has 96 valence electrons. The fourth-order valence-electron chi connectivity index (χ4n) is 1.40. The van der Waals surface area contributed by atoms with Crippen LogP contribution in [0, 0.1) is 4.64 Å². The van der Waals surface area contributed by atoms with Crippen molar-refractivity contribution in [1.29, 1.82) is 0 Å². The van der Waals surface area contributed by atoms with Crippen LogP contribution in [0.5, 0.6) is 0 Å². The molecule has 0 aliphatic heterocycles. The predicted octanol–water partition coefficient (Wildman–Crippen LogP) is -0.204. The second-order valence-electron chi connectivity index (χ2n) is 3.59. The summed E-state index contributed by atoms with van der Waals surface area (Å²) in [6.45, 7) is 0.0707. The van der Waals surface area contributed by atoms with Crippen LogP contribution in [0.1, 0.15) is 12.0 Å². The average Bonchev–Trinajstić information content (AvgIpc) is 2.32. The molecular weight excluding hydrogens is 244 g/mol. The third-order valence-electron chi connectivity index (χ3n) is 2.48. The van der Waals surface area contributed by atoms with Gasteiger partial charge in [0, 0.05) is 25.4 Å². The van der Waals surface area contributed by atoms with Crippen molar-refractivity contribution in [1.82, 2.24) is 9.55 Å². The van der Waals surface area contributed by atoms with Crippen molar-refractivity contribution >= 4 is 12.2 Å². The summed E-state index contributed by atoms with van der Waals surface area (Å²) in [7, 11) is 1.50. The van der Waals surface area contributed by atoms with Crippen molar-refractivity contribution in [2.45, 2.75) is 25.7 Å². The van der Waals surface area contributed by atoms with Gasteiger partial charge < -0.3 is 19.5 Å². The molecule has 0 saturated carbocycles. The van der Waals surface area contributed by atoms with Gasteiger partial charge in [-0.05, 0) is 6.42 Å². The Kier molecular flexibility index (Phi) is 5.49. The first-order chi connectivity index (χ1) is 8.12. The van der Waals surface area contributed by atoms with Gasteiger partial charge in [0.15, 0.2) is 0 Å². The molecule has 0 fully saturated rings. The Bertz CT molecular complexity index is 464. The number of aromatic nitrogens is 2. The number of aromatic amines is 1. The number of H-pyrrole nitrogens is 1. The number of aliphatic hydroxyl groups is 2. The maximum atomic E-state index is 11.6. The third kappa shape index (κ3) is 3.74. The molecular formula is C10H16N2O4S. The summed E-state index contributed by atoms with van der Waals surface area (Å²) in [5.41, 5.74) is 0.164. The molecule has 6 nitrogen and oxygen atoms in total. The molecule has 1 aromatic heterocycles. The molecule has 1 aromatic rings. The van der Waals surface area contributed by atoms with Gasteiger partial charge in [-0.3, -0.25) is 4.98 Å². The fraction of sp³-hybridized carbons (Fsp3) is 0.600. The Labute approximate surface area is 103 Å². The van der Waals surface area contributed by atoms with Crippen LogP contribution in [-0.2, 0) is 17.9 Å². The highest BCUT2D eigenvalue weighted by Gasteiger charge is 2.07. The van der Waals surface area contributed by atoms with Crippen molar-refractivity contribution in [2.75, 3.05) is 13.7 Å². The topological polar surface area (TPSA) is 87.5 Å². The normalized spacial score (nSPS) is 12.6. The zero-order valence-corrected chi connectivity index (χ0v) is 10.4. The molecule has 1 unspecified atom stereocenters. The van der Waals surface area contributed by atoms with Gasteiger partial charge in [-0.2, -0.15) is 0 Å². The molecule has 0 aromatic carbocycles. The van der Waals surface area contributed by atoms with E-state index < -0.39 is 0 Å². The second-order valence-corrected chi connectivity index (χ2v) is 4.00. The molecule has 1 atom stereocenters. The van der Waals surface area contributed by atoms with Crippen LogP contribution in [0.25, 0.3) is 0 Å². The lowest BCUT2D eigenvalue weighted by molar-refractivity contribution is 0.0401. The van der Waals surface area contributed by atoms with Gasteiger partial charge in [0.05, 0.1) is 19.3 Å². The molecule has 3 N–H and O–H groups in total. The number of nitrogens with zero attached hydrogens (tertiary/aromatic N) is 1. The number of aryl methyl sites for hydroxylation is 1. The van der Waals surface area contributed by atoms with Crippen molar-refractivity contribution < 1.29 is 14.9 Å². The van der Waals surface area contributed by atoms with E-state index in [9.17, 15) is 4.79 Å². The third-order valence-corrected chi connectivity index (χ3v) is 2.85. The number of rotatable bonds is 6. The van der Waals surface area contributed by atoms with Crippen LogP contribution < -0.4 is 5.69 Å². The summed E-state index contributed by atoms with van der Waals surface area (Å²) < 4.78 is 6.65. The Balaban J connectivity index is 2.84. The van der Waals surface area contributed by atoms with E-state index in [1.807, 2.05) is 0 Å². The Hall–Kier alpha value is -1.02. The molecule has 17 heavy (non-hydrogen) atoms. The highest BCUT2D eigenvalue weighted by molar-refractivity contribution is 7.71. The maximum Gasteiger partial charge on any atom is 0.326 e. The fourth-order valence-corrected chi connectivity index (χ4v) is 1.60. The number of nitrogens with one attached hydrogen (secondary N) is 1. The van der Waals surface area contributed by atoms with Crippen molar-refractivity contribution in [3.63, 3.8) is 0 Å². The molecule has 0 saturated heterocycles. The van der Waals surface area contributed by atoms with Crippen LogP contribution in [0.15, 0.2) is 11.0 Å². The summed E-state index contributed by atoms with van der Waals surface area (Å²) in [6.07, 6.45) is 1.72. The summed E-state index contributed by atoms with van der Waals surface area (Å²) in [5, 5.41) is 18.0. The molecule has 0 spiro atoms. The minimum Gasteiger partial charge on any atom is -0.394 e. The molecule has 1 rings (SSSR count). The van der Waals surface area contributed by atoms with Crippen molar-refractivity contribution in [3.05, 3.63) is 26.9 Å². The first-order valence-electron chi connectivity index (χ1n) is 5.19. The number of aliphatic hydroxyl groups excluding tert-OH is 2. The zero-order valence-electron chi connectivity index (χ0n) is 9.55. The van der Waals surface area contributed by atoms with Gasteiger partial charge in [-0.1, -0.05) is 12.2 Å². The number of ether oxygens (including phenoxy) is 1. The molecule has 0 aliphatic rings. The zero-order chi connectivity index (χ0) is 12.8. The van der Waals surface area contributed by atoms with E-state index in [-0.39, 0.29) is 29.6 Å². The molecule has 1 heterocycles. The lowest BCUT2D eigenvalue weighted by Crippen LogP contribution is -2.27. The van der Waals surface area contributed by atoms with E-state index in [2.05, 4.69) is 4.98 Å². The molecule has 0 aliphatic carbocycles. The van der Waals surface area contributed by atoms with E-state index in [1.165, 1.54) is 17.9 Å². The quantitative estimate of drug-likeness (QED) is 0.616. The minimum atomic E-state index is -0.333. The van der Waals surface area contributed by atoms with E-state index >= 15 is 0 Å². The van der Waals surface area contributed by atoms with E-state index in [1.54, 1.807) is 0 Å². The van der Waals surface area contributed by atoms with Crippen LogP contribution >= 0.6 is 12.2 Å². The summed E-state index contributed by atoms with van der Waals surface area (Å²) >= 11 is 4.89. The van der Waals surface area contributed by atoms with Gasteiger partial charge in [0.25, 0.3) is 0 Å². The number of hydrogen-bond acceptors (Lipinski definition) is 5. The summed E-state index contributed by atoms with van der Waals surface area (Å²) in [6, 6.07) is 0. The summed E-state index contributed by atoms with van der Waals surface area (Å²) in [5.74, 6) is 0. The predicted molar refractivity (Wildman–Crippen MR) is 64.3 cm³/mol. The van der Waals surface area contributed by atoms with Crippen molar-refractivity contribution in [2.24, 2.45) is 0 Å². The van der Waals surface area contributed by atoms with Gasteiger partial charge >= 0.3 is 5.69 Å².